The third-order valence-corrected chi connectivity index (χ3v) is 4.05. The Morgan fingerprint density at radius 1 is 1.25 bits per heavy atom. The summed E-state index contributed by atoms with van der Waals surface area (Å²) < 4.78 is 5.58. The Morgan fingerprint density at radius 2 is 2.00 bits per heavy atom. The second-order valence-corrected chi connectivity index (χ2v) is 5.85. The van der Waals surface area contributed by atoms with E-state index in [1.807, 2.05) is 6.07 Å². The number of aliphatic hydroxyl groups is 1. The molecule has 1 aromatic heterocycles. The molecule has 0 aromatic carbocycles. The summed E-state index contributed by atoms with van der Waals surface area (Å²) in [4.78, 5) is 11.2. The first-order valence-corrected chi connectivity index (χ1v) is 7.66. The summed E-state index contributed by atoms with van der Waals surface area (Å²) >= 11 is 6.11. The summed E-state index contributed by atoms with van der Waals surface area (Å²) in [5, 5.41) is 9.32. The minimum atomic E-state index is 0.0898. The van der Waals surface area contributed by atoms with E-state index in [4.69, 9.17) is 21.4 Å². The van der Waals surface area contributed by atoms with Crippen molar-refractivity contribution in [3.8, 4) is 0 Å². The summed E-state index contributed by atoms with van der Waals surface area (Å²) in [5.74, 6) is 2.34. The van der Waals surface area contributed by atoms with Gasteiger partial charge in [0.2, 0.25) is 0 Å². The van der Waals surface area contributed by atoms with Crippen LogP contribution in [0.3, 0.4) is 0 Å². The van der Waals surface area contributed by atoms with Gasteiger partial charge in [-0.25, -0.2) is 9.97 Å². The predicted octanol–water partition coefficient (Wildman–Crippen LogP) is 1.99. The van der Waals surface area contributed by atoms with Crippen LogP contribution in [0.15, 0.2) is 6.07 Å². The van der Waals surface area contributed by atoms with Gasteiger partial charge >= 0.3 is 0 Å². The molecular weight excluding hydrogens is 278 g/mol. The van der Waals surface area contributed by atoms with Crippen LogP contribution < -0.4 is 4.90 Å². The maximum absolute atomic E-state index is 8.78. The van der Waals surface area contributed by atoms with E-state index in [0.717, 1.165) is 37.6 Å². The molecule has 2 aliphatic rings. The number of hydrogen-bond donors (Lipinski definition) is 1. The van der Waals surface area contributed by atoms with E-state index in [1.54, 1.807) is 0 Å². The van der Waals surface area contributed by atoms with Crippen molar-refractivity contribution in [3.05, 3.63) is 17.0 Å². The Morgan fingerprint density at radius 3 is 2.65 bits per heavy atom. The maximum atomic E-state index is 8.78. The van der Waals surface area contributed by atoms with E-state index in [2.05, 4.69) is 14.9 Å². The zero-order valence-electron chi connectivity index (χ0n) is 11.5. The first-order valence-electron chi connectivity index (χ1n) is 7.28. The van der Waals surface area contributed by atoms with E-state index in [1.165, 1.54) is 12.8 Å². The van der Waals surface area contributed by atoms with Gasteiger partial charge in [0.25, 0.3) is 0 Å². The fourth-order valence-electron chi connectivity index (χ4n) is 2.58. The number of aromatic nitrogens is 2. The van der Waals surface area contributed by atoms with Crippen LogP contribution in [0.5, 0.6) is 0 Å². The minimum Gasteiger partial charge on any atom is -0.394 e. The van der Waals surface area contributed by atoms with Crippen molar-refractivity contribution < 1.29 is 9.84 Å². The summed E-state index contributed by atoms with van der Waals surface area (Å²) in [7, 11) is 0. The average Bonchev–Trinajstić information content (AvgIpc) is 3.29. The van der Waals surface area contributed by atoms with Crippen molar-refractivity contribution in [3.63, 3.8) is 0 Å². The summed E-state index contributed by atoms with van der Waals surface area (Å²) in [5.41, 5.74) is 0. The average molecular weight is 298 g/mol. The largest absolute Gasteiger partial charge is 0.394 e. The van der Waals surface area contributed by atoms with E-state index < -0.39 is 0 Å². The van der Waals surface area contributed by atoms with Gasteiger partial charge in [-0.2, -0.15) is 0 Å². The molecule has 1 aliphatic heterocycles. The van der Waals surface area contributed by atoms with E-state index in [0.29, 0.717) is 17.7 Å². The van der Waals surface area contributed by atoms with Gasteiger partial charge < -0.3 is 14.7 Å². The lowest BCUT2D eigenvalue weighted by Crippen LogP contribution is -2.38. The molecule has 0 amide bonds. The number of rotatable bonds is 5. The summed E-state index contributed by atoms with van der Waals surface area (Å²) in [6, 6.07) is 1.85. The Kier molecular flexibility index (Phi) is 4.38. The Bertz CT molecular complexity index is 460. The minimum absolute atomic E-state index is 0.0898. The number of piperidine rings is 1. The molecule has 0 radical (unpaired) electrons. The van der Waals surface area contributed by atoms with Crippen LogP contribution in [-0.4, -0.2) is 47.5 Å². The zero-order chi connectivity index (χ0) is 13.9. The van der Waals surface area contributed by atoms with Gasteiger partial charge in [-0.05, 0) is 25.7 Å². The van der Waals surface area contributed by atoms with Crippen LogP contribution in [0, 0.1) is 0 Å². The van der Waals surface area contributed by atoms with Crippen LogP contribution in [0.4, 0.5) is 5.82 Å². The topological polar surface area (TPSA) is 58.5 Å². The highest BCUT2D eigenvalue weighted by Gasteiger charge is 2.28. The molecule has 1 aromatic rings. The Labute approximate surface area is 123 Å². The van der Waals surface area contributed by atoms with Crippen molar-refractivity contribution in [2.75, 3.05) is 31.2 Å². The summed E-state index contributed by atoms with van der Waals surface area (Å²) in [6.45, 7) is 2.34. The normalized spacial score (nSPS) is 20.4. The molecule has 1 saturated carbocycles. The molecule has 0 unspecified atom stereocenters. The smallest absolute Gasteiger partial charge is 0.135 e. The molecule has 2 fully saturated rings. The number of nitrogens with zero attached hydrogens (tertiary/aromatic N) is 3. The van der Waals surface area contributed by atoms with E-state index >= 15 is 0 Å². The molecule has 20 heavy (non-hydrogen) atoms. The van der Waals surface area contributed by atoms with Crippen molar-refractivity contribution >= 4 is 17.4 Å². The van der Waals surface area contributed by atoms with E-state index in [9.17, 15) is 0 Å². The molecule has 0 bridgehead atoms. The van der Waals surface area contributed by atoms with Gasteiger partial charge in [-0.3, -0.25) is 0 Å². The van der Waals surface area contributed by atoms with Gasteiger partial charge in [0, 0.05) is 25.1 Å². The molecule has 110 valence electrons. The molecule has 5 nitrogen and oxygen atoms in total. The zero-order valence-corrected chi connectivity index (χ0v) is 12.2. The highest BCUT2D eigenvalue weighted by Crippen LogP contribution is 2.39. The fourth-order valence-corrected chi connectivity index (χ4v) is 2.76. The molecular formula is C14H20ClN3O2. The first kappa shape index (κ1) is 14.0. The van der Waals surface area contributed by atoms with Crippen molar-refractivity contribution in [2.24, 2.45) is 0 Å². The lowest BCUT2D eigenvalue weighted by Gasteiger charge is -2.32. The van der Waals surface area contributed by atoms with Gasteiger partial charge in [-0.1, -0.05) is 11.6 Å². The van der Waals surface area contributed by atoms with Crippen LogP contribution in [0.1, 0.15) is 37.4 Å². The van der Waals surface area contributed by atoms with Crippen molar-refractivity contribution in [1.29, 1.82) is 0 Å². The maximum Gasteiger partial charge on any atom is 0.135 e. The first-order chi connectivity index (χ1) is 9.76. The molecule has 0 spiro atoms. The molecule has 0 atom stereocenters. The van der Waals surface area contributed by atoms with Crippen molar-refractivity contribution in [2.45, 2.75) is 37.7 Å². The molecule has 3 rings (SSSR count). The molecule has 1 saturated heterocycles. The van der Waals surface area contributed by atoms with Crippen LogP contribution >= 0.6 is 11.6 Å². The van der Waals surface area contributed by atoms with Gasteiger partial charge in [0.15, 0.2) is 0 Å². The lowest BCUT2D eigenvalue weighted by atomic mass is 10.1. The predicted molar refractivity (Wildman–Crippen MR) is 77.3 cm³/mol. The number of aliphatic hydroxyl groups excluding tert-OH is 1. The van der Waals surface area contributed by atoms with Gasteiger partial charge in [-0.15, -0.1) is 0 Å². The van der Waals surface area contributed by atoms with Crippen LogP contribution in [0.25, 0.3) is 0 Å². The third-order valence-electron chi connectivity index (χ3n) is 3.85. The molecule has 1 aliphatic carbocycles. The standard InChI is InChI=1S/C14H20ClN3O2/c15-12-9-13(17-14(16-12)10-1-2-10)18-5-3-11(4-6-18)20-8-7-19/h9-11,19H,1-8H2. The number of halogens is 1. The number of ether oxygens (including phenoxy) is 1. The quantitative estimate of drug-likeness (QED) is 0.842. The molecule has 6 heteroatoms. The number of anilines is 1. The van der Waals surface area contributed by atoms with Crippen LogP contribution in [0.2, 0.25) is 5.15 Å². The van der Waals surface area contributed by atoms with Crippen molar-refractivity contribution in [1.82, 2.24) is 9.97 Å². The van der Waals surface area contributed by atoms with Crippen LogP contribution in [-0.2, 0) is 4.74 Å². The highest BCUT2D eigenvalue weighted by molar-refractivity contribution is 6.29. The second-order valence-electron chi connectivity index (χ2n) is 5.46. The fraction of sp³-hybridized carbons (Fsp3) is 0.714. The molecule has 2 heterocycles. The monoisotopic (exact) mass is 297 g/mol. The SMILES string of the molecule is OCCOC1CCN(c2cc(Cl)nc(C3CC3)n2)CC1. The van der Waals surface area contributed by atoms with Gasteiger partial charge in [0.05, 0.1) is 19.3 Å². The molecule has 1 N–H and O–H groups in total. The second kappa shape index (κ2) is 6.24. The lowest BCUT2D eigenvalue weighted by molar-refractivity contribution is 0.0158. The summed E-state index contributed by atoms with van der Waals surface area (Å²) in [6.07, 6.45) is 4.52. The Hall–Kier alpha value is -0.910. The third kappa shape index (κ3) is 3.40. The highest BCUT2D eigenvalue weighted by atomic mass is 35.5. The van der Waals surface area contributed by atoms with Gasteiger partial charge in [0.1, 0.15) is 16.8 Å². The number of hydrogen-bond acceptors (Lipinski definition) is 5. The Balaban J connectivity index is 1.62. The van der Waals surface area contributed by atoms with E-state index in [-0.39, 0.29) is 12.7 Å².